The van der Waals surface area contributed by atoms with Gasteiger partial charge in [0.05, 0.1) is 27.9 Å². The lowest BCUT2D eigenvalue weighted by molar-refractivity contribution is -0.120. The lowest BCUT2D eigenvalue weighted by atomic mass is 10.2. The van der Waals surface area contributed by atoms with Gasteiger partial charge in [0.25, 0.3) is 5.91 Å². The second kappa shape index (κ2) is 9.75. The molecule has 5 nitrogen and oxygen atoms in total. The molecule has 1 atom stereocenters. The number of rotatable bonds is 7. The zero-order chi connectivity index (χ0) is 21.1. The highest BCUT2D eigenvalue weighted by Gasteiger charge is 2.27. The van der Waals surface area contributed by atoms with E-state index in [2.05, 4.69) is 0 Å². The van der Waals surface area contributed by atoms with E-state index in [0.717, 1.165) is 34.6 Å². The van der Waals surface area contributed by atoms with Crippen LogP contribution in [0.2, 0.25) is 10.0 Å². The largest absolute Gasteiger partial charge is 0.482 e. The topological polar surface area (TPSA) is 51.7 Å². The van der Waals surface area contributed by atoms with Gasteiger partial charge in [0, 0.05) is 16.5 Å². The molecule has 9 heteroatoms. The van der Waals surface area contributed by atoms with E-state index in [-0.39, 0.29) is 18.6 Å². The van der Waals surface area contributed by atoms with Crippen LogP contribution in [0.15, 0.2) is 41.3 Å². The molecule has 1 aromatic heterocycles. The van der Waals surface area contributed by atoms with Gasteiger partial charge in [0.2, 0.25) is 0 Å². The standard InChI is InChI=1S/C21H20Cl2N2O3S2/c1-29-17-5-2-6-18-20(17)24-21(30-18)25(11-14-4-3-9-27-14)19(26)12-28-16-8-7-13(22)10-15(16)23/h2,5-8,10,14H,3-4,9,11-12H2,1H3. The van der Waals surface area contributed by atoms with Crippen molar-refractivity contribution in [1.82, 2.24) is 4.98 Å². The Bertz CT molecular complexity index is 1050. The SMILES string of the molecule is CSc1cccc2sc(N(CC3CCCO3)C(=O)COc3ccc(Cl)cc3Cl)nc12. The minimum Gasteiger partial charge on any atom is -0.482 e. The lowest BCUT2D eigenvalue weighted by Gasteiger charge is -2.23. The van der Waals surface area contributed by atoms with Crippen LogP contribution in [-0.4, -0.2) is 43.0 Å². The van der Waals surface area contributed by atoms with E-state index in [4.69, 9.17) is 37.7 Å². The van der Waals surface area contributed by atoms with E-state index in [0.29, 0.717) is 27.5 Å². The normalized spacial score (nSPS) is 16.2. The Morgan fingerprint density at radius 1 is 1.37 bits per heavy atom. The van der Waals surface area contributed by atoms with E-state index in [1.54, 1.807) is 34.9 Å². The van der Waals surface area contributed by atoms with E-state index in [1.807, 2.05) is 24.5 Å². The minimum atomic E-state index is -0.193. The fourth-order valence-corrected chi connectivity index (χ4v) is 5.39. The summed E-state index contributed by atoms with van der Waals surface area (Å²) in [5.41, 5.74) is 0.914. The van der Waals surface area contributed by atoms with Gasteiger partial charge in [-0.25, -0.2) is 4.98 Å². The predicted octanol–water partition coefficient (Wildman–Crippen LogP) is 5.92. The lowest BCUT2D eigenvalue weighted by Crippen LogP contribution is -2.40. The number of carbonyl (C=O) groups is 1. The summed E-state index contributed by atoms with van der Waals surface area (Å²) in [6, 6.07) is 11.0. The van der Waals surface area contributed by atoms with Crippen molar-refractivity contribution >= 4 is 67.6 Å². The number of thiazole rings is 1. The molecule has 0 bridgehead atoms. The molecule has 1 saturated heterocycles. The van der Waals surface area contributed by atoms with Crippen LogP contribution in [0, 0.1) is 0 Å². The third-order valence-electron chi connectivity index (χ3n) is 4.78. The van der Waals surface area contributed by atoms with E-state index >= 15 is 0 Å². The Kier molecular flexibility index (Phi) is 7.05. The van der Waals surface area contributed by atoms with Gasteiger partial charge in [0.1, 0.15) is 5.75 Å². The summed E-state index contributed by atoms with van der Waals surface area (Å²) < 4.78 is 12.5. The summed E-state index contributed by atoms with van der Waals surface area (Å²) >= 11 is 15.2. The Labute approximate surface area is 193 Å². The highest BCUT2D eigenvalue weighted by Crippen LogP contribution is 2.35. The summed E-state index contributed by atoms with van der Waals surface area (Å²) in [7, 11) is 0. The first-order valence-electron chi connectivity index (χ1n) is 9.48. The zero-order valence-electron chi connectivity index (χ0n) is 16.3. The number of benzene rings is 2. The Morgan fingerprint density at radius 3 is 2.97 bits per heavy atom. The Morgan fingerprint density at radius 2 is 2.23 bits per heavy atom. The highest BCUT2D eigenvalue weighted by molar-refractivity contribution is 7.98. The molecule has 1 unspecified atom stereocenters. The van der Waals surface area contributed by atoms with Crippen LogP contribution in [0.3, 0.4) is 0 Å². The Balaban J connectivity index is 1.58. The molecule has 158 valence electrons. The first-order chi connectivity index (χ1) is 14.5. The van der Waals surface area contributed by atoms with Crippen LogP contribution in [0.5, 0.6) is 5.75 Å². The summed E-state index contributed by atoms with van der Waals surface area (Å²) in [5.74, 6) is 0.224. The summed E-state index contributed by atoms with van der Waals surface area (Å²) in [5, 5.41) is 1.53. The van der Waals surface area contributed by atoms with Crippen LogP contribution < -0.4 is 9.64 Å². The molecular formula is C21H20Cl2N2O3S2. The zero-order valence-corrected chi connectivity index (χ0v) is 19.4. The van der Waals surface area contributed by atoms with Crippen LogP contribution in [-0.2, 0) is 9.53 Å². The van der Waals surface area contributed by atoms with E-state index in [1.165, 1.54) is 11.3 Å². The molecule has 1 amide bonds. The number of para-hydroxylation sites is 1. The third-order valence-corrected chi connectivity index (χ3v) is 7.12. The second-order valence-corrected chi connectivity index (χ2v) is 9.51. The molecule has 1 fully saturated rings. The summed E-state index contributed by atoms with van der Waals surface area (Å²) in [4.78, 5) is 20.7. The fraction of sp³-hybridized carbons (Fsp3) is 0.333. The van der Waals surface area contributed by atoms with Crippen LogP contribution in [0.25, 0.3) is 10.2 Å². The molecule has 0 radical (unpaired) electrons. The van der Waals surface area contributed by atoms with Crippen molar-refractivity contribution in [2.75, 3.05) is 30.9 Å². The van der Waals surface area contributed by atoms with Crippen LogP contribution in [0.1, 0.15) is 12.8 Å². The molecule has 0 spiro atoms. The number of hydrogen-bond donors (Lipinski definition) is 0. The molecule has 1 aliphatic heterocycles. The van der Waals surface area contributed by atoms with Crippen molar-refractivity contribution in [2.24, 2.45) is 0 Å². The minimum absolute atomic E-state index is 0.0000950. The van der Waals surface area contributed by atoms with E-state index in [9.17, 15) is 4.79 Å². The van der Waals surface area contributed by atoms with Crippen molar-refractivity contribution in [3.05, 3.63) is 46.4 Å². The second-order valence-electron chi connectivity index (χ2n) is 6.81. The molecular weight excluding hydrogens is 463 g/mol. The van der Waals surface area contributed by atoms with Gasteiger partial charge in [-0.3, -0.25) is 9.69 Å². The van der Waals surface area contributed by atoms with Crippen LogP contribution >= 0.6 is 46.3 Å². The van der Waals surface area contributed by atoms with Gasteiger partial charge >= 0.3 is 0 Å². The highest BCUT2D eigenvalue weighted by atomic mass is 35.5. The maximum absolute atomic E-state index is 13.2. The van der Waals surface area contributed by atoms with Gasteiger partial charge in [-0.2, -0.15) is 0 Å². The number of halogens is 2. The summed E-state index contributed by atoms with van der Waals surface area (Å²) in [6.45, 7) is 1.02. The molecule has 1 aliphatic rings. The monoisotopic (exact) mass is 482 g/mol. The molecule has 30 heavy (non-hydrogen) atoms. The van der Waals surface area contributed by atoms with Gasteiger partial charge in [0.15, 0.2) is 11.7 Å². The molecule has 0 N–H and O–H groups in total. The average Bonchev–Trinajstić information content (AvgIpc) is 3.40. The average molecular weight is 483 g/mol. The van der Waals surface area contributed by atoms with Crippen LogP contribution in [0.4, 0.5) is 5.13 Å². The van der Waals surface area contributed by atoms with Gasteiger partial charge in [-0.1, -0.05) is 40.6 Å². The van der Waals surface area contributed by atoms with Gasteiger partial charge in [-0.15, -0.1) is 11.8 Å². The number of anilines is 1. The van der Waals surface area contributed by atoms with Crippen molar-refractivity contribution in [2.45, 2.75) is 23.8 Å². The predicted molar refractivity (Wildman–Crippen MR) is 125 cm³/mol. The first kappa shape index (κ1) is 21.7. The number of carbonyl (C=O) groups excluding carboxylic acids is 1. The van der Waals surface area contributed by atoms with Gasteiger partial charge in [-0.05, 0) is 49.4 Å². The molecule has 0 saturated carbocycles. The third kappa shape index (κ3) is 4.86. The fourth-order valence-electron chi connectivity index (χ4n) is 3.28. The van der Waals surface area contributed by atoms with Crippen molar-refractivity contribution in [3.63, 3.8) is 0 Å². The number of nitrogens with zero attached hydrogens (tertiary/aromatic N) is 2. The molecule has 3 aromatic rings. The number of amides is 1. The van der Waals surface area contributed by atoms with Crippen molar-refractivity contribution < 1.29 is 14.3 Å². The maximum atomic E-state index is 13.2. The quantitative estimate of drug-likeness (QED) is 0.391. The number of thioether (sulfide) groups is 1. The number of ether oxygens (including phenoxy) is 2. The smallest absolute Gasteiger partial charge is 0.266 e. The van der Waals surface area contributed by atoms with Gasteiger partial charge < -0.3 is 9.47 Å². The number of aromatic nitrogens is 1. The van der Waals surface area contributed by atoms with Crippen molar-refractivity contribution in [1.29, 1.82) is 0 Å². The van der Waals surface area contributed by atoms with E-state index < -0.39 is 0 Å². The maximum Gasteiger partial charge on any atom is 0.266 e. The molecule has 2 heterocycles. The molecule has 0 aliphatic carbocycles. The Hall–Kier alpha value is -1.51. The number of fused-ring (bicyclic) bond motifs is 1. The number of hydrogen-bond acceptors (Lipinski definition) is 6. The van der Waals surface area contributed by atoms with Crippen molar-refractivity contribution in [3.8, 4) is 5.75 Å². The first-order valence-corrected chi connectivity index (χ1v) is 12.3. The molecule has 2 aromatic carbocycles. The molecule has 4 rings (SSSR count). The summed E-state index contributed by atoms with van der Waals surface area (Å²) in [6.07, 6.45) is 3.95.